The van der Waals surface area contributed by atoms with Crippen LogP contribution in [0.1, 0.15) is 44.3 Å². The zero-order valence-corrected chi connectivity index (χ0v) is 24.2. The number of likely N-dealkylation sites (N-methyl/N-ethyl adjacent to an activating group) is 1. The van der Waals surface area contributed by atoms with Crippen LogP contribution in [0.5, 0.6) is 0 Å². The number of aryl methyl sites for hydroxylation is 1. The van der Waals surface area contributed by atoms with Gasteiger partial charge in [-0.1, -0.05) is 0 Å². The minimum Gasteiger partial charge on any atom is -0.382 e. The van der Waals surface area contributed by atoms with Gasteiger partial charge in [0.15, 0.2) is 0 Å². The molecule has 0 saturated carbocycles. The molecule has 2 saturated heterocycles. The summed E-state index contributed by atoms with van der Waals surface area (Å²) in [6, 6.07) is 10.6. The Morgan fingerprint density at radius 2 is 1.63 bits per heavy atom. The minimum absolute atomic E-state index is 0.109. The summed E-state index contributed by atoms with van der Waals surface area (Å²) in [5.74, 6) is 1.63. The van der Waals surface area contributed by atoms with Crippen molar-refractivity contribution < 1.29 is 0 Å². The maximum atomic E-state index is 13.5. The fourth-order valence-electron chi connectivity index (χ4n) is 5.95. The monoisotopic (exact) mass is 553 g/mol. The van der Waals surface area contributed by atoms with Crippen LogP contribution in [0.3, 0.4) is 0 Å². The summed E-state index contributed by atoms with van der Waals surface area (Å²) in [6.07, 6.45) is 9.87. The topological polar surface area (TPSA) is 104 Å². The van der Waals surface area contributed by atoms with Crippen LogP contribution in [-0.4, -0.2) is 80.6 Å². The summed E-state index contributed by atoms with van der Waals surface area (Å²) in [5.41, 5.74) is 3.76. The Kier molecular flexibility index (Phi) is 7.93. The van der Waals surface area contributed by atoms with E-state index < -0.39 is 0 Å². The second-order valence-electron chi connectivity index (χ2n) is 11.4. The van der Waals surface area contributed by atoms with Crippen molar-refractivity contribution in [2.24, 2.45) is 0 Å². The number of hydrogen-bond donors (Lipinski definition) is 2. The summed E-state index contributed by atoms with van der Waals surface area (Å²) in [7, 11) is 4.31. The third kappa shape index (κ3) is 6.08. The number of nitrogens with one attached hydrogen (secondary N) is 2. The largest absolute Gasteiger partial charge is 0.382 e. The van der Waals surface area contributed by atoms with Gasteiger partial charge < -0.3 is 20.4 Å². The van der Waals surface area contributed by atoms with Crippen LogP contribution in [0, 0.1) is 0 Å². The molecule has 4 aromatic rings. The van der Waals surface area contributed by atoms with Gasteiger partial charge in [0.2, 0.25) is 5.95 Å². The molecule has 41 heavy (non-hydrogen) atoms. The van der Waals surface area contributed by atoms with Crippen LogP contribution >= 0.6 is 0 Å². The van der Waals surface area contributed by atoms with E-state index in [9.17, 15) is 4.79 Å². The Morgan fingerprint density at radius 1 is 0.902 bits per heavy atom. The number of hydrogen-bond acceptors (Lipinski definition) is 9. The third-order valence-electron chi connectivity index (χ3n) is 8.35. The van der Waals surface area contributed by atoms with Crippen LogP contribution in [-0.2, 0) is 6.54 Å². The first-order valence-corrected chi connectivity index (χ1v) is 14.7. The zero-order chi connectivity index (χ0) is 28.3. The second kappa shape index (κ2) is 11.9. The highest BCUT2D eigenvalue weighted by Crippen LogP contribution is 2.26. The molecule has 2 fully saturated rings. The number of aromatic nitrogens is 5. The van der Waals surface area contributed by atoms with E-state index in [2.05, 4.69) is 61.6 Å². The van der Waals surface area contributed by atoms with Gasteiger partial charge in [0.25, 0.3) is 5.56 Å². The molecule has 0 amide bonds. The summed E-state index contributed by atoms with van der Waals surface area (Å²) in [6.45, 7) is 6.77. The molecular weight excluding hydrogens is 514 g/mol. The lowest BCUT2D eigenvalue weighted by Gasteiger charge is -2.30. The molecule has 214 valence electrons. The van der Waals surface area contributed by atoms with Crippen molar-refractivity contribution in [1.29, 1.82) is 0 Å². The summed E-state index contributed by atoms with van der Waals surface area (Å²) in [5, 5.41) is 7.73. The molecule has 1 aromatic carbocycles. The maximum absolute atomic E-state index is 13.5. The maximum Gasteiger partial charge on any atom is 0.260 e. The molecule has 3 aromatic heterocycles. The molecular formula is C31H39N9O. The molecule has 2 aliphatic rings. The molecule has 1 unspecified atom stereocenters. The first kappa shape index (κ1) is 27.3. The molecule has 10 nitrogen and oxygen atoms in total. The smallest absolute Gasteiger partial charge is 0.260 e. The first-order valence-electron chi connectivity index (χ1n) is 14.7. The SMILES string of the molecule is CCn1c(=O)c(-c2cnc(C3CCCN(C)C3)nc2)cc2cnc(Nc3ccc(NC4CCN(C)CC4)cc3)nc21. The molecule has 0 bridgehead atoms. The van der Waals surface area contributed by atoms with Gasteiger partial charge in [-0.25, -0.2) is 15.0 Å². The Bertz CT molecular complexity index is 1540. The lowest BCUT2D eigenvalue weighted by atomic mass is 9.97. The standard InChI is InChI=1S/C31H39N9O/c1-4-40-29-22(16-27(30(40)41)23-18-32-28(33-19-23)21-6-5-13-39(3)20-21)17-34-31(37-29)36-25-9-7-24(8-10-25)35-26-11-14-38(2)15-12-26/h7-10,16-19,21,26,35H,4-6,11-15,20H2,1-3H3,(H,34,36,37). The van der Waals surface area contributed by atoms with E-state index in [1.165, 1.54) is 0 Å². The van der Waals surface area contributed by atoms with Crippen LogP contribution in [0.4, 0.5) is 17.3 Å². The van der Waals surface area contributed by atoms with Gasteiger partial charge in [-0.05, 0) is 96.7 Å². The fourth-order valence-corrected chi connectivity index (χ4v) is 5.95. The van der Waals surface area contributed by atoms with Crippen molar-refractivity contribution >= 4 is 28.4 Å². The summed E-state index contributed by atoms with van der Waals surface area (Å²) < 4.78 is 1.69. The van der Waals surface area contributed by atoms with Gasteiger partial charge in [-0.3, -0.25) is 9.36 Å². The van der Waals surface area contributed by atoms with E-state index >= 15 is 0 Å². The number of nitrogens with zero attached hydrogens (tertiary/aromatic N) is 7. The fraction of sp³-hybridized carbons (Fsp3) is 0.452. The molecule has 0 spiro atoms. The molecule has 2 N–H and O–H groups in total. The lowest BCUT2D eigenvalue weighted by Crippen LogP contribution is -2.36. The molecule has 1 atom stereocenters. The van der Waals surface area contributed by atoms with Gasteiger partial charge >= 0.3 is 0 Å². The van der Waals surface area contributed by atoms with E-state index in [1.807, 2.05) is 25.1 Å². The highest BCUT2D eigenvalue weighted by Gasteiger charge is 2.22. The second-order valence-corrected chi connectivity index (χ2v) is 11.4. The van der Waals surface area contributed by atoms with Crippen LogP contribution < -0.4 is 16.2 Å². The number of rotatable bonds is 7. The number of pyridine rings is 1. The average molecular weight is 554 g/mol. The summed E-state index contributed by atoms with van der Waals surface area (Å²) >= 11 is 0. The Labute approximate surface area is 240 Å². The van der Waals surface area contributed by atoms with Gasteiger partial charge in [-0.15, -0.1) is 0 Å². The van der Waals surface area contributed by atoms with Crippen LogP contribution in [0.15, 0.2) is 53.7 Å². The number of likely N-dealkylation sites (tertiary alicyclic amines) is 2. The summed E-state index contributed by atoms with van der Waals surface area (Å²) in [4.78, 5) is 36.8. The van der Waals surface area contributed by atoms with E-state index in [0.717, 1.165) is 74.4 Å². The number of piperidine rings is 2. The van der Waals surface area contributed by atoms with Gasteiger partial charge in [0.05, 0.1) is 5.56 Å². The molecule has 0 radical (unpaired) electrons. The molecule has 2 aliphatic heterocycles. The van der Waals surface area contributed by atoms with Gasteiger partial charge in [-0.2, -0.15) is 4.98 Å². The quantitative estimate of drug-likeness (QED) is 0.346. The first-order chi connectivity index (χ1) is 20.0. The third-order valence-corrected chi connectivity index (χ3v) is 8.35. The Balaban J connectivity index is 1.20. The van der Waals surface area contributed by atoms with Crippen LogP contribution in [0.2, 0.25) is 0 Å². The van der Waals surface area contributed by atoms with Crippen molar-refractivity contribution in [3.05, 3.63) is 65.1 Å². The highest BCUT2D eigenvalue weighted by molar-refractivity contribution is 5.81. The number of benzene rings is 1. The van der Waals surface area contributed by atoms with Crippen molar-refractivity contribution in [2.75, 3.05) is 50.9 Å². The van der Waals surface area contributed by atoms with E-state index in [0.29, 0.717) is 41.2 Å². The zero-order valence-electron chi connectivity index (χ0n) is 24.2. The van der Waals surface area contributed by atoms with Crippen molar-refractivity contribution in [3.8, 4) is 11.1 Å². The highest BCUT2D eigenvalue weighted by atomic mass is 16.1. The molecule has 10 heteroatoms. The molecule has 6 rings (SSSR count). The Hall–Kier alpha value is -3.89. The molecule has 5 heterocycles. The number of anilines is 3. The van der Waals surface area contributed by atoms with Crippen molar-refractivity contribution in [1.82, 2.24) is 34.3 Å². The predicted octanol–water partition coefficient (Wildman–Crippen LogP) is 4.33. The number of fused-ring (bicyclic) bond motifs is 1. The Morgan fingerprint density at radius 3 is 2.34 bits per heavy atom. The lowest BCUT2D eigenvalue weighted by molar-refractivity contribution is 0.246. The van der Waals surface area contributed by atoms with Gasteiger partial charge in [0.1, 0.15) is 11.5 Å². The average Bonchev–Trinajstić information content (AvgIpc) is 2.99. The van der Waals surface area contributed by atoms with E-state index in [1.54, 1.807) is 23.2 Å². The molecule has 0 aliphatic carbocycles. The minimum atomic E-state index is -0.109. The van der Waals surface area contributed by atoms with E-state index in [4.69, 9.17) is 4.98 Å². The normalized spacial score (nSPS) is 19.0. The predicted molar refractivity (Wildman–Crippen MR) is 164 cm³/mol. The van der Waals surface area contributed by atoms with E-state index in [-0.39, 0.29) is 5.56 Å². The van der Waals surface area contributed by atoms with Gasteiger partial charge in [0, 0.05) is 66.0 Å². The van der Waals surface area contributed by atoms with Crippen molar-refractivity contribution in [2.45, 2.75) is 51.1 Å². The van der Waals surface area contributed by atoms with Crippen LogP contribution in [0.25, 0.3) is 22.2 Å². The van der Waals surface area contributed by atoms with Crippen molar-refractivity contribution in [3.63, 3.8) is 0 Å².